The molecule has 6 heteroatoms. The first-order valence-corrected chi connectivity index (χ1v) is 10.5. The molecule has 0 radical (unpaired) electrons. The number of ether oxygens (including phenoxy) is 1. The number of para-hydroxylation sites is 1. The summed E-state index contributed by atoms with van der Waals surface area (Å²) in [5, 5.41) is 2.96. The van der Waals surface area contributed by atoms with Gasteiger partial charge in [-0.25, -0.2) is 8.42 Å². The highest BCUT2D eigenvalue weighted by molar-refractivity contribution is 7.90. The van der Waals surface area contributed by atoms with Crippen molar-refractivity contribution in [3.63, 3.8) is 0 Å². The lowest BCUT2D eigenvalue weighted by molar-refractivity contribution is 0.0935. The van der Waals surface area contributed by atoms with Crippen molar-refractivity contribution in [1.82, 2.24) is 5.32 Å². The smallest absolute Gasteiger partial charge is 0.255 e. The Kier molecular flexibility index (Phi) is 4.80. The van der Waals surface area contributed by atoms with Crippen molar-refractivity contribution in [1.29, 1.82) is 0 Å². The maximum atomic E-state index is 12.7. The van der Waals surface area contributed by atoms with Gasteiger partial charge in [0.25, 0.3) is 5.91 Å². The van der Waals surface area contributed by atoms with Gasteiger partial charge in [0.15, 0.2) is 9.84 Å². The number of carbonyl (C=O) groups is 1. The number of rotatable bonds is 4. The summed E-state index contributed by atoms with van der Waals surface area (Å²) in [6.45, 7) is 5.95. The first-order chi connectivity index (χ1) is 12.2. The number of hydrogen-bond donors (Lipinski definition) is 1. The summed E-state index contributed by atoms with van der Waals surface area (Å²) in [6, 6.07) is 11.9. The van der Waals surface area contributed by atoms with Gasteiger partial charge >= 0.3 is 0 Å². The Balaban J connectivity index is 1.79. The lowest BCUT2D eigenvalue weighted by atomic mass is 9.96. The van der Waals surface area contributed by atoms with Gasteiger partial charge in [0.1, 0.15) is 11.9 Å². The fourth-order valence-electron chi connectivity index (χ4n) is 3.13. The highest BCUT2D eigenvalue weighted by Crippen LogP contribution is 2.40. The third-order valence-electron chi connectivity index (χ3n) is 4.94. The van der Waals surface area contributed by atoms with Crippen LogP contribution in [0.15, 0.2) is 47.4 Å². The second-order valence-corrected chi connectivity index (χ2v) is 8.89. The van der Waals surface area contributed by atoms with Gasteiger partial charge in [-0.1, -0.05) is 31.2 Å². The van der Waals surface area contributed by atoms with Crippen molar-refractivity contribution >= 4 is 15.7 Å². The van der Waals surface area contributed by atoms with E-state index in [9.17, 15) is 13.2 Å². The molecule has 2 aromatic rings. The molecular formula is C20H23NO4S. The van der Waals surface area contributed by atoms with E-state index in [2.05, 4.69) is 12.2 Å². The molecule has 1 N–H and O–H groups in total. The van der Waals surface area contributed by atoms with Crippen LogP contribution in [0.3, 0.4) is 0 Å². The van der Waals surface area contributed by atoms with Gasteiger partial charge in [-0.05, 0) is 37.6 Å². The number of benzene rings is 2. The third kappa shape index (κ3) is 3.46. The van der Waals surface area contributed by atoms with Crippen LogP contribution >= 0.6 is 0 Å². The first-order valence-electron chi connectivity index (χ1n) is 8.59. The van der Waals surface area contributed by atoms with E-state index in [4.69, 9.17) is 4.74 Å². The lowest BCUT2D eigenvalue weighted by Crippen LogP contribution is -2.27. The van der Waals surface area contributed by atoms with Crippen LogP contribution in [-0.2, 0) is 9.84 Å². The van der Waals surface area contributed by atoms with Gasteiger partial charge in [-0.15, -0.1) is 0 Å². The summed E-state index contributed by atoms with van der Waals surface area (Å²) in [7, 11) is -3.23. The number of fused-ring (bicyclic) bond motifs is 1. The monoisotopic (exact) mass is 373 g/mol. The molecular weight excluding hydrogens is 350 g/mol. The molecule has 2 aromatic carbocycles. The van der Waals surface area contributed by atoms with Crippen molar-refractivity contribution in [3.8, 4) is 5.75 Å². The minimum Gasteiger partial charge on any atom is -0.489 e. The summed E-state index contributed by atoms with van der Waals surface area (Å²) in [6.07, 6.45) is 1.21. The average molecular weight is 373 g/mol. The molecule has 1 aliphatic heterocycles. The topological polar surface area (TPSA) is 72.5 Å². The van der Waals surface area contributed by atoms with Crippen LogP contribution in [0.2, 0.25) is 0 Å². The second kappa shape index (κ2) is 6.76. The van der Waals surface area contributed by atoms with Gasteiger partial charge in [-0.2, -0.15) is 0 Å². The van der Waals surface area contributed by atoms with Crippen molar-refractivity contribution in [2.75, 3.05) is 6.26 Å². The molecule has 0 aliphatic carbocycles. The fraction of sp³-hybridized carbons (Fsp3) is 0.350. The summed E-state index contributed by atoms with van der Waals surface area (Å²) in [5.41, 5.74) is 2.41. The molecule has 3 atom stereocenters. The molecule has 0 aromatic heterocycles. The lowest BCUT2D eigenvalue weighted by Gasteiger charge is -2.16. The summed E-state index contributed by atoms with van der Waals surface area (Å²) >= 11 is 0. The normalized spacial score (nSPS) is 20.2. The Bertz CT molecular complexity index is 935. The number of amides is 1. The zero-order chi connectivity index (χ0) is 19.1. The van der Waals surface area contributed by atoms with E-state index in [-0.39, 0.29) is 28.9 Å². The SMILES string of the molecule is C[C@H](NC(=O)c1cccc2c1O[C@H](C)[C@H]2C)c1ccc(S(C)(=O)=O)cc1. The molecule has 0 spiro atoms. The second-order valence-electron chi connectivity index (χ2n) is 6.87. The van der Waals surface area contributed by atoms with E-state index in [1.165, 1.54) is 6.26 Å². The Labute approximate surface area is 154 Å². The van der Waals surface area contributed by atoms with Gasteiger partial charge in [0.05, 0.1) is 16.5 Å². The van der Waals surface area contributed by atoms with Crippen molar-refractivity contribution in [2.45, 2.75) is 43.7 Å². The van der Waals surface area contributed by atoms with Crippen molar-refractivity contribution in [2.24, 2.45) is 0 Å². The minimum atomic E-state index is -3.23. The predicted molar refractivity (Wildman–Crippen MR) is 100 cm³/mol. The van der Waals surface area contributed by atoms with E-state index in [0.717, 1.165) is 11.1 Å². The van der Waals surface area contributed by atoms with Gasteiger partial charge in [0, 0.05) is 17.7 Å². The van der Waals surface area contributed by atoms with E-state index >= 15 is 0 Å². The number of carbonyl (C=O) groups excluding carboxylic acids is 1. The Morgan fingerprint density at radius 2 is 1.77 bits per heavy atom. The average Bonchev–Trinajstić information content (AvgIpc) is 2.88. The zero-order valence-electron chi connectivity index (χ0n) is 15.3. The number of nitrogens with one attached hydrogen (secondary N) is 1. The summed E-state index contributed by atoms with van der Waals surface area (Å²) in [5.74, 6) is 0.700. The Morgan fingerprint density at radius 3 is 2.38 bits per heavy atom. The first kappa shape index (κ1) is 18.5. The van der Waals surface area contributed by atoms with Crippen LogP contribution < -0.4 is 10.1 Å². The minimum absolute atomic E-state index is 0.0416. The van der Waals surface area contributed by atoms with E-state index in [1.54, 1.807) is 30.3 Å². The molecule has 0 saturated carbocycles. The molecule has 3 rings (SSSR count). The molecule has 5 nitrogen and oxygen atoms in total. The molecule has 0 saturated heterocycles. The quantitative estimate of drug-likeness (QED) is 0.891. The van der Waals surface area contributed by atoms with Crippen molar-refractivity contribution < 1.29 is 17.9 Å². The maximum Gasteiger partial charge on any atom is 0.255 e. The third-order valence-corrected chi connectivity index (χ3v) is 6.07. The molecule has 1 aliphatic rings. The van der Waals surface area contributed by atoms with Gasteiger partial charge in [-0.3, -0.25) is 4.79 Å². The van der Waals surface area contributed by atoms with Gasteiger partial charge < -0.3 is 10.1 Å². The largest absolute Gasteiger partial charge is 0.489 e. The van der Waals surface area contributed by atoms with E-state index < -0.39 is 9.84 Å². The summed E-state index contributed by atoms with van der Waals surface area (Å²) < 4.78 is 29.0. The van der Waals surface area contributed by atoms with Crippen LogP contribution in [0.25, 0.3) is 0 Å². The number of sulfone groups is 1. The zero-order valence-corrected chi connectivity index (χ0v) is 16.1. The fourth-order valence-corrected chi connectivity index (χ4v) is 3.76. The highest BCUT2D eigenvalue weighted by atomic mass is 32.2. The molecule has 0 bridgehead atoms. The molecule has 0 fully saturated rings. The van der Waals surface area contributed by atoms with E-state index in [0.29, 0.717) is 11.3 Å². The maximum absolute atomic E-state index is 12.7. The molecule has 26 heavy (non-hydrogen) atoms. The van der Waals surface area contributed by atoms with Crippen LogP contribution in [0, 0.1) is 0 Å². The molecule has 1 heterocycles. The predicted octanol–water partition coefficient (Wildman–Crippen LogP) is 3.47. The van der Waals surface area contributed by atoms with E-state index in [1.807, 2.05) is 26.0 Å². The van der Waals surface area contributed by atoms with Crippen LogP contribution in [0.5, 0.6) is 5.75 Å². The molecule has 0 unspecified atom stereocenters. The molecule has 138 valence electrons. The Hall–Kier alpha value is -2.34. The number of hydrogen-bond acceptors (Lipinski definition) is 4. The van der Waals surface area contributed by atoms with Crippen LogP contribution in [0.1, 0.15) is 54.2 Å². The Morgan fingerprint density at radius 1 is 1.12 bits per heavy atom. The molecule has 1 amide bonds. The van der Waals surface area contributed by atoms with Crippen LogP contribution in [-0.4, -0.2) is 26.7 Å². The van der Waals surface area contributed by atoms with Gasteiger partial charge in [0.2, 0.25) is 0 Å². The van der Waals surface area contributed by atoms with Crippen LogP contribution in [0.4, 0.5) is 0 Å². The highest BCUT2D eigenvalue weighted by Gasteiger charge is 2.31. The van der Waals surface area contributed by atoms with Crippen molar-refractivity contribution in [3.05, 3.63) is 59.2 Å². The standard InChI is InChI=1S/C20H23NO4S/c1-12-14(3)25-19-17(12)6-5-7-18(19)20(22)21-13(2)15-8-10-16(11-9-15)26(4,23)24/h5-14H,1-4H3,(H,21,22)/t12-,13+,14-/m1/s1. The summed E-state index contributed by atoms with van der Waals surface area (Å²) in [4.78, 5) is 13.0.